The molecule has 12 heavy (non-hydrogen) atoms. The average molecular weight is 166 g/mol. The number of nitrogens with two attached hydrogens (primary N) is 2. The van der Waals surface area contributed by atoms with Crippen molar-refractivity contribution in [1.82, 2.24) is 4.98 Å². The molecule has 0 aromatic carbocycles. The number of hydrogen-bond donors (Lipinski definition) is 3. The molecule has 0 aliphatic heterocycles. The molecular weight excluding hydrogens is 156 g/mol. The Kier molecular flexibility index (Phi) is 2.25. The molecule has 5 N–H and O–H groups in total. The van der Waals surface area contributed by atoms with Crippen molar-refractivity contribution >= 4 is 11.6 Å². The summed E-state index contributed by atoms with van der Waals surface area (Å²) in [5.74, 6) is 4.63. The van der Waals surface area contributed by atoms with E-state index in [1.165, 1.54) is 6.07 Å². The number of hydrogen-bond acceptors (Lipinski definition) is 4. The van der Waals surface area contributed by atoms with Crippen LogP contribution in [0.25, 0.3) is 0 Å². The van der Waals surface area contributed by atoms with Gasteiger partial charge < -0.3 is 11.2 Å². The quantitative estimate of drug-likeness (QED) is 0.418. The Morgan fingerprint density at radius 1 is 1.58 bits per heavy atom. The molecule has 64 valence electrons. The summed E-state index contributed by atoms with van der Waals surface area (Å²) >= 11 is 0. The van der Waals surface area contributed by atoms with Gasteiger partial charge in [-0.2, -0.15) is 0 Å². The zero-order valence-electron chi connectivity index (χ0n) is 6.66. The summed E-state index contributed by atoms with van der Waals surface area (Å²) in [7, 11) is 0. The molecule has 0 radical (unpaired) electrons. The van der Waals surface area contributed by atoms with Crippen LogP contribution in [0.15, 0.2) is 12.1 Å². The lowest BCUT2D eigenvalue weighted by Gasteiger charge is -2.03. The number of rotatable bonds is 2. The smallest absolute Gasteiger partial charge is 0.267 e. The number of primary amides is 1. The molecule has 0 unspecified atom stereocenters. The number of nitrogens with zero attached hydrogens (tertiary/aromatic N) is 1. The Balaban J connectivity index is 3.10. The first-order chi connectivity index (χ1) is 5.65. The fourth-order valence-electron chi connectivity index (χ4n) is 0.851. The van der Waals surface area contributed by atoms with E-state index in [4.69, 9.17) is 11.6 Å². The molecule has 5 heteroatoms. The maximum absolute atomic E-state index is 10.7. The van der Waals surface area contributed by atoms with Crippen molar-refractivity contribution < 1.29 is 4.79 Å². The molecule has 0 fully saturated rings. The van der Waals surface area contributed by atoms with E-state index in [9.17, 15) is 4.79 Å². The van der Waals surface area contributed by atoms with E-state index >= 15 is 0 Å². The Hall–Kier alpha value is -1.62. The monoisotopic (exact) mass is 166 g/mol. The number of pyridine rings is 1. The second-order valence-corrected chi connectivity index (χ2v) is 2.34. The van der Waals surface area contributed by atoms with E-state index in [2.05, 4.69) is 10.4 Å². The molecule has 1 aromatic heterocycles. The van der Waals surface area contributed by atoms with Crippen molar-refractivity contribution in [2.45, 2.75) is 6.92 Å². The molecule has 0 bridgehead atoms. The van der Waals surface area contributed by atoms with Crippen LogP contribution in [0.1, 0.15) is 16.2 Å². The molecule has 0 aliphatic carbocycles. The number of aryl methyl sites for hydroxylation is 1. The maximum Gasteiger partial charge on any atom is 0.267 e. The second kappa shape index (κ2) is 3.19. The summed E-state index contributed by atoms with van der Waals surface area (Å²) in [6.07, 6.45) is 0. The Morgan fingerprint density at radius 2 is 2.25 bits per heavy atom. The number of amides is 1. The van der Waals surface area contributed by atoms with Gasteiger partial charge in [-0.05, 0) is 19.1 Å². The molecular formula is C7H10N4O. The Morgan fingerprint density at radius 3 is 2.67 bits per heavy atom. The third kappa shape index (κ3) is 1.51. The van der Waals surface area contributed by atoms with Gasteiger partial charge in [0.25, 0.3) is 5.91 Å². The summed E-state index contributed by atoms with van der Waals surface area (Å²) in [5, 5.41) is 0. The van der Waals surface area contributed by atoms with Crippen LogP contribution in [0.2, 0.25) is 0 Å². The number of carbonyl (C=O) groups is 1. The van der Waals surface area contributed by atoms with E-state index in [1.54, 1.807) is 13.0 Å². The number of nitrogens with one attached hydrogen (secondary N) is 1. The third-order valence-corrected chi connectivity index (χ3v) is 1.49. The van der Waals surface area contributed by atoms with Gasteiger partial charge in [0.05, 0.1) is 11.4 Å². The molecule has 0 saturated carbocycles. The normalized spacial score (nSPS) is 9.50. The van der Waals surface area contributed by atoms with Crippen molar-refractivity contribution in [3.05, 3.63) is 23.5 Å². The van der Waals surface area contributed by atoms with Crippen LogP contribution >= 0.6 is 0 Å². The summed E-state index contributed by atoms with van der Waals surface area (Å²) in [6, 6.07) is 3.17. The van der Waals surface area contributed by atoms with Gasteiger partial charge in [-0.25, -0.2) is 4.98 Å². The van der Waals surface area contributed by atoms with Crippen LogP contribution < -0.4 is 17.0 Å². The lowest BCUT2D eigenvalue weighted by Crippen LogP contribution is -2.15. The van der Waals surface area contributed by atoms with Gasteiger partial charge in [0.15, 0.2) is 0 Å². The van der Waals surface area contributed by atoms with Gasteiger partial charge in [0.2, 0.25) is 0 Å². The zero-order chi connectivity index (χ0) is 9.14. The Labute approximate surface area is 69.7 Å². The summed E-state index contributed by atoms with van der Waals surface area (Å²) in [5.41, 5.74) is 9.04. The highest BCUT2D eigenvalue weighted by Crippen LogP contribution is 2.10. The van der Waals surface area contributed by atoms with Crippen LogP contribution in [-0.2, 0) is 0 Å². The highest BCUT2D eigenvalue weighted by Gasteiger charge is 2.03. The average Bonchev–Trinajstić information content (AvgIpc) is 2.04. The first-order valence-corrected chi connectivity index (χ1v) is 3.39. The number of carbonyl (C=O) groups excluding carboxylic acids is 1. The van der Waals surface area contributed by atoms with Gasteiger partial charge in [-0.15, -0.1) is 0 Å². The fourth-order valence-corrected chi connectivity index (χ4v) is 0.851. The lowest BCUT2D eigenvalue weighted by molar-refractivity contribution is 0.0995. The van der Waals surface area contributed by atoms with E-state index in [-0.39, 0.29) is 5.69 Å². The van der Waals surface area contributed by atoms with Crippen molar-refractivity contribution in [2.75, 3.05) is 5.43 Å². The molecule has 0 spiro atoms. The van der Waals surface area contributed by atoms with Gasteiger partial charge in [0.1, 0.15) is 5.69 Å². The highest BCUT2D eigenvalue weighted by molar-refractivity contribution is 5.91. The standard InChI is InChI=1S/C7H10N4O/c1-4-5(11-9)2-3-6(10-4)7(8)12/h2-3,11H,9H2,1H3,(H2,8,12). The van der Waals surface area contributed by atoms with Gasteiger partial charge in [-0.3, -0.25) is 10.6 Å². The minimum absolute atomic E-state index is 0.242. The number of hydrazine groups is 1. The maximum atomic E-state index is 10.7. The highest BCUT2D eigenvalue weighted by atomic mass is 16.1. The summed E-state index contributed by atoms with van der Waals surface area (Å²) in [4.78, 5) is 14.6. The minimum Gasteiger partial charge on any atom is -0.364 e. The van der Waals surface area contributed by atoms with Crippen LogP contribution in [-0.4, -0.2) is 10.9 Å². The van der Waals surface area contributed by atoms with Crippen LogP contribution in [0.4, 0.5) is 5.69 Å². The fraction of sp³-hybridized carbons (Fsp3) is 0.143. The van der Waals surface area contributed by atoms with Crippen LogP contribution in [0.3, 0.4) is 0 Å². The molecule has 0 atom stereocenters. The molecule has 1 aromatic rings. The van der Waals surface area contributed by atoms with Gasteiger partial charge >= 0.3 is 0 Å². The first kappa shape index (κ1) is 8.48. The van der Waals surface area contributed by atoms with E-state index in [0.29, 0.717) is 11.4 Å². The first-order valence-electron chi connectivity index (χ1n) is 3.39. The van der Waals surface area contributed by atoms with Crippen molar-refractivity contribution in [3.63, 3.8) is 0 Å². The van der Waals surface area contributed by atoms with Crippen LogP contribution in [0.5, 0.6) is 0 Å². The Bertz CT molecular complexity index is 310. The van der Waals surface area contributed by atoms with E-state index in [1.807, 2.05) is 0 Å². The zero-order valence-corrected chi connectivity index (χ0v) is 6.66. The second-order valence-electron chi connectivity index (χ2n) is 2.34. The topological polar surface area (TPSA) is 94.0 Å². The van der Waals surface area contributed by atoms with Crippen LogP contribution in [0, 0.1) is 6.92 Å². The predicted molar refractivity (Wildman–Crippen MR) is 45.3 cm³/mol. The molecule has 5 nitrogen and oxygen atoms in total. The van der Waals surface area contributed by atoms with Gasteiger partial charge in [-0.1, -0.05) is 0 Å². The summed E-state index contributed by atoms with van der Waals surface area (Å²) in [6.45, 7) is 1.74. The molecule has 1 amide bonds. The van der Waals surface area contributed by atoms with Crippen molar-refractivity contribution in [3.8, 4) is 0 Å². The number of anilines is 1. The minimum atomic E-state index is -0.540. The third-order valence-electron chi connectivity index (χ3n) is 1.49. The molecule has 1 heterocycles. The molecule has 0 aliphatic rings. The van der Waals surface area contributed by atoms with E-state index < -0.39 is 5.91 Å². The largest absolute Gasteiger partial charge is 0.364 e. The molecule has 1 rings (SSSR count). The summed E-state index contributed by atoms with van der Waals surface area (Å²) < 4.78 is 0. The number of aromatic nitrogens is 1. The molecule has 0 saturated heterocycles. The predicted octanol–water partition coefficient (Wildman–Crippen LogP) is -0.225. The van der Waals surface area contributed by atoms with E-state index in [0.717, 1.165) is 0 Å². The van der Waals surface area contributed by atoms with Crippen molar-refractivity contribution in [2.24, 2.45) is 11.6 Å². The van der Waals surface area contributed by atoms with Crippen molar-refractivity contribution in [1.29, 1.82) is 0 Å². The SMILES string of the molecule is Cc1nc(C(N)=O)ccc1NN. The number of nitrogen functional groups attached to an aromatic ring is 1. The van der Waals surface area contributed by atoms with Gasteiger partial charge in [0, 0.05) is 0 Å². The lowest BCUT2D eigenvalue weighted by atomic mass is 10.2.